The predicted molar refractivity (Wildman–Crippen MR) is 57.2 cm³/mol. The maximum absolute atomic E-state index is 4.17. The molecule has 2 heterocycles. The van der Waals surface area contributed by atoms with Crippen LogP contribution in [0.3, 0.4) is 0 Å². The van der Waals surface area contributed by atoms with Crippen molar-refractivity contribution in [3.8, 4) is 0 Å². The fourth-order valence-electron chi connectivity index (χ4n) is 2.03. The molecule has 0 fully saturated rings. The molecule has 0 aliphatic carbocycles. The van der Waals surface area contributed by atoms with Crippen LogP contribution in [0.1, 0.15) is 32.4 Å². The molecule has 1 aromatic rings. The molecule has 14 heavy (non-hydrogen) atoms. The van der Waals surface area contributed by atoms with Gasteiger partial charge in [-0.15, -0.1) is 0 Å². The van der Waals surface area contributed by atoms with E-state index < -0.39 is 0 Å². The first-order valence-corrected chi connectivity index (χ1v) is 5.54. The minimum Gasteiger partial charge on any atom is -0.333 e. The zero-order valence-electron chi connectivity index (χ0n) is 9.03. The Balaban J connectivity index is 1.94. The van der Waals surface area contributed by atoms with E-state index in [1.165, 1.54) is 18.5 Å². The van der Waals surface area contributed by atoms with Crippen LogP contribution < -0.4 is 5.32 Å². The molecular formula is C11H19N3. The van der Waals surface area contributed by atoms with E-state index >= 15 is 0 Å². The van der Waals surface area contributed by atoms with E-state index in [4.69, 9.17) is 0 Å². The Hall–Kier alpha value is -0.830. The second-order valence-corrected chi connectivity index (χ2v) is 4.25. The van der Waals surface area contributed by atoms with Crippen molar-refractivity contribution in [3.63, 3.8) is 0 Å². The molecule has 0 saturated carbocycles. The van der Waals surface area contributed by atoms with Gasteiger partial charge in [0.25, 0.3) is 0 Å². The largest absolute Gasteiger partial charge is 0.333 e. The number of aryl methyl sites for hydroxylation is 1. The number of hydrogen-bond donors (Lipinski definition) is 1. The lowest BCUT2D eigenvalue weighted by atomic mass is 10.0. The third-order valence-corrected chi connectivity index (χ3v) is 3.10. The van der Waals surface area contributed by atoms with Gasteiger partial charge in [0.2, 0.25) is 0 Å². The van der Waals surface area contributed by atoms with Gasteiger partial charge in [0.05, 0.1) is 6.33 Å². The lowest BCUT2D eigenvalue weighted by molar-refractivity contribution is 0.348. The molecule has 78 valence electrons. The Bertz CT molecular complexity index is 292. The van der Waals surface area contributed by atoms with Gasteiger partial charge in [-0.25, -0.2) is 4.98 Å². The van der Waals surface area contributed by atoms with Crippen LogP contribution in [0, 0.1) is 0 Å². The molecule has 1 aliphatic rings. The van der Waals surface area contributed by atoms with Gasteiger partial charge in [0, 0.05) is 30.5 Å². The van der Waals surface area contributed by atoms with E-state index in [9.17, 15) is 0 Å². The summed E-state index contributed by atoms with van der Waals surface area (Å²) in [6.07, 6.45) is 7.54. The summed E-state index contributed by atoms with van der Waals surface area (Å²) in [5, 5.41) is 3.65. The van der Waals surface area contributed by atoms with Crippen LogP contribution in [-0.2, 0) is 13.0 Å². The third kappa shape index (κ3) is 1.98. The topological polar surface area (TPSA) is 29.9 Å². The number of nitrogens with zero attached hydrogens (tertiary/aromatic N) is 2. The predicted octanol–water partition coefficient (Wildman–Crippen LogP) is 1.59. The molecule has 3 nitrogen and oxygen atoms in total. The smallest absolute Gasteiger partial charge is 0.0948 e. The van der Waals surface area contributed by atoms with Crippen LogP contribution in [0.4, 0.5) is 0 Å². The van der Waals surface area contributed by atoms with Crippen molar-refractivity contribution >= 4 is 0 Å². The van der Waals surface area contributed by atoms with Crippen molar-refractivity contribution in [1.82, 2.24) is 14.9 Å². The average Bonchev–Trinajstić information content (AvgIpc) is 2.64. The minimum atomic E-state index is 0.630. The van der Waals surface area contributed by atoms with Crippen LogP contribution in [0.5, 0.6) is 0 Å². The Morgan fingerprint density at radius 3 is 3.36 bits per heavy atom. The molecule has 0 aromatic carbocycles. The number of hydrogen-bond acceptors (Lipinski definition) is 2. The Morgan fingerprint density at radius 1 is 1.71 bits per heavy atom. The van der Waals surface area contributed by atoms with Crippen LogP contribution in [0.2, 0.25) is 0 Å². The van der Waals surface area contributed by atoms with E-state index in [0.717, 1.165) is 13.0 Å². The molecule has 1 aromatic heterocycles. The van der Waals surface area contributed by atoms with E-state index in [2.05, 4.69) is 28.7 Å². The quantitative estimate of drug-likeness (QED) is 0.790. The molecule has 0 spiro atoms. The summed E-state index contributed by atoms with van der Waals surface area (Å²) < 4.78 is 2.27. The Kier molecular flexibility index (Phi) is 2.87. The standard InChI is InChI=1S/C11H19N3/c1-3-9(2)13-10-4-5-11-6-12-8-14(11)7-10/h6,8-10,13H,3-5,7H2,1-2H3. The highest BCUT2D eigenvalue weighted by atomic mass is 15.1. The van der Waals surface area contributed by atoms with Crippen LogP contribution in [0.15, 0.2) is 12.5 Å². The summed E-state index contributed by atoms with van der Waals surface area (Å²) in [6, 6.07) is 1.26. The molecule has 2 unspecified atom stereocenters. The maximum Gasteiger partial charge on any atom is 0.0948 e. The van der Waals surface area contributed by atoms with E-state index in [1.807, 2.05) is 12.5 Å². The van der Waals surface area contributed by atoms with Gasteiger partial charge in [0.1, 0.15) is 0 Å². The second kappa shape index (κ2) is 4.13. The van der Waals surface area contributed by atoms with Crippen molar-refractivity contribution < 1.29 is 0 Å². The van der Waals surface area contributed by atoms with Crippen LogP contribution in [0.25, 0.3) is 0 Å². The van der Waals surface area contributed by atoms with E-state index in [1.54, 1.807) is 0 Å². The highest BCUT2D eigenvalue weighted by Crippen LogP contribution is 2.14. The lowest BCUT2D eigenvalue weighted by Gasteiger charge is -2.27. The highest BCUT2D eigenvalue weighted by molar-refractivity contribution is 5.03. The zero-order chi connectivity index (χ0) is 9.97. The highest BCUT2D eigenvalue weighted by Gasteiger charge is 2.18. The van der Waals surface area contributed by atoms with Crippen molar-refractivity contribution in [2.24, 2.45) is 0 Å². The van der Waals surface area contributed by atoms with Crippen LogP contribution in [-0.4, -0.2) is 21.6 Å². The number of rotatable bonds is 3. The minimum absolute atomic E-state index is 0.630. The molecule has 2 atom stereocenters. The van der Waals surface area contributed by atoms with Gasteiger partial charge in [-0.3, -0.25) is 0 Å². The van der Waals surface area contributed by atoms with Crippen molar-refractivity contribution in [2.75, 3.05) is 0 Å². The molecule has 1 aliphatic heterocycles. The first kappa shape index (κ1) is 9.71. The summed E-state index contributed by atoms with van der Waals surface area (Å²) in [5.74, 6) is 0. The summed E-state index contributed by atoms with van der Waals surface area (Å²) in [4.78, 5) is 4.17. The van der Waals surface area contributed by atoms with Crippen molar-refractivity contribution in [3.05, 3.63) is 18.2 Å². The molecule has 2 rings (SSSR count). The first-order chi connectivity index (χ1) is 6.79. The fraction of sp³-hybridized carbons (Fsp3) is 0.727. The SMILES string of the molecule is CCC(C)NC1CCc2cncn2C1. The molecule has 0 radical (unpaired) electrons. The lowest BCUT2D eigenvalue weighted by Crippen LogP contribution is -2.41. The fourth-order valence-corrected chi connectivity index (χ4v) is 2.03. The molecule has 3 heteroatoms. The normalized spacial score (nSPS) is 23.1. The van der Waals surface area contributed by atoms with Gasteiger partial charge < -0.3 is 9.88 Å². The third-order valence-electron chi connectivity index (χ3n) is 3.10. The summed E-state index contributed by atoms with van der Waals surface area (Å²) in [7, 11) is 0. The van der Waals surface area contributed by atoms with Gasteiger partial charge >= 0.3 is 0 Å². The van der Waals surface area contributed by atoms with Crippen molar-refractivity contribution in [1.29, 1.82) is 0 Å². The number of fused-ring (bicyclic) bond motifs is 1. The monoisotopic (exact) mass is 193 g/mol. The number of nitrogens with one attached hydrogen (secondary N) is 1. The molecule has 0 saturated heterocycles. The summed E-state index contributed by atoms with van der Waals surface area (Å²) >= 11 is 0. The molecular weight excluding hydrogens is 174 g/mol. The molecule has 0 bridgehead atoms. The van der Waals surface area contributed by atoms with Crippen LogP contribution >= 0.6 is 0 Å². The van der Waals surface area contributed by atoms with Crippen molar-refractivity contribution in [2.45, 2.75) is 51.7 Å². The molecule has 1 N–H and O–H groups in total. The van der Waals surface area contributed by atoms with Gasteiger partial charge in [-0.05, 0) is 26.2 Å². The van der Waals surface area contributed by atoms with E-state index in [0.29, 0.717) is 12.1 Å². The molecule has 0 amide bonds. The Morgan fingerprint density at radius 2 is 2.57 bits per heavy atom. The number of imidazole rings is 1. The van der Waals surface area contributed by atoms with Gasteiger partial charge in [-0.1, -0.05) is 6.92 Å². The average molecular weight is 193 g/mol. The van der Waals surface area contributed by atoms with Gasteiger partial charge in [0.15, 0.2) is 0 Å². The second-order valence-electron chi connectivity index (χ2n) is 4.25. The van der Waals surface area contributed by atoms with E-state index in [-0.39, 0.29) is 0 Å². The Labute approximate surface area is 85.5 Å². The summed E-state index contributed by atoms with van der Waals surface area (Å²) in [5.41, 5.74) is 1.38. The summed E-state index contributed by atoms with van der Waals surface area (Å²) in [6.45, 7) is 5.56. The zero-order valence-corrected chi connectivity index (χ0v) is 9.03. The van der Waals surface area contributed by atoms with Gasteiger partial charge in [-0.2, -0.15) is 0 Å². The first-order valence-electron chi connectivity index (χ1n) is 5.54. The maximum atomic E-state index is 4.17. The number of aromatic nitrogens is 2.